The molecule has 28 heavy (non-hydrogen) atoms. The maximum atomic E-state index is 13.1. The average molecular weight is 372 g/mol. The third-order valence-corrected chi connectivity index (χ3v) is 5.88. The molecule has 1 fully saturated rings. The highest BCUT2D eigenvalue weighted by Gasteiger charge is 2.27. The van der Waals surface area contributed by atoms with Crippen LogP contribution in [0.5, 0.6) is 0 Å². The van der Waals surface area contributed by atoms with E-state index in [2.05, 4.69) is 40.7 Å². The Balaban J connectivity index is 1.35. The molecule has 0 saturated carbocycles. The van der Waals surface area contributed by atoms with Crippen LogP contribution >= 0.6 is 0 Å². The highest BCUT2D eigenvalue weighted by atomic mass is 16.2. The van der Waals surface area contributed by atoms with Gasteiger partial charge in [-0.15, -0.1) is 0 Å². The van der Waals surface area contributed by atoms with Crippen LogP contribution in [0.25, 0.3) is 21.9 Å². The Morgan fingerprint density at radius 2 is 2.00 bits per heavy atom. The quantitative estimate of drug-likeness (QED) is 0.585. The number of carbonyl (C=O) groups excluding carboxylic acids is 1. The zero-order valence-electron chi connectivity index (χ0n) is 16.1. The monoisotopic (exact) mass is 372 g/mol. The van der Waals surface area contributed by atoms with Crippen molar-refractivity contribution < 1.29 is 4.79 Å². The number of H-pyrrole nitrogens is 1. The number of nitrogens with one attached hydrogen (secondary N) is 1. The summed E-state index contributed by atoms with van der Waals surface area (Å²) < 4.78 is 2.13. The molecular formula is C23H24N4O. The van der Waals surface area contributed by atoms with Gasteiger partial charge < -0.3 is 14.5 Å². The zero-order chi connectivity index (χ0) is 19.1. The smallest absolute Gasteiger partial charge is 0.242 e. The first-order valence-corrected chi connectivity index (χ1v) is 9.96. The number of para-hydroxylation sites is 3. The van der Waals surface area contributed by atoms with Crippen LogP contribution in [-0.2, 0) is 11.3 Å². The van der Waals surface area contributed by atoms with E-state index in [-0.39, 0.29) is 11.8 Å². The van der Waals surface area contributed by atoms with Crippen molar-refractivity contribution in [3.05, 3.63) is 66.1 Å². The minimum Gasteiger partial charge on any atom is -0.342 e. The van der Waals surface area contributed by atoms with Crippen LogP contribution < -0.4 is 0 Å². The first-order chi connectivity index (χ1) is 13.7. The van der Waals surface area contributed by atoms with Gasteiger partial charge in [0.2, 0.25) is 5.91 Å². The second-order valence-electron chi connectivity index (χ2n) is 7.75. The van der Waals surface area contributed by atoms with Crippen LogP contribution in [0.1, 0.15) is 30.3 Å². The molecule has 5 heteroatoms. The van der Waals surface area contributed by atoms with E-state index in [0.717, 1.165) is 54.0 Å². The van der Waals surface area contributed by atoms with Crippen molar-refractivity contribution in [2.24, 2.45) is 0 Å². The Labute approximate surface area is 164 Å². The lowest BCUT2D eigenvalue weighted by molar-refractivity contribution is -0.133. The van der Waals surface area contributed by atoms with E-state index in [0.29, 0.717) is 6.54 Å². The number of hydrogen-bond acceptors (Lipinski definition) is 2. The molecule has 0 radical (unpaired) electrons. The number of carbonyl (C=O) groups is 1. The number of fused-ring (bicyclic) bond motifs is 2. The number of piperidine rings is 1. The van der Waals surface area contributed by atoms with Crippen molar-refractivity contribution in [2.45, 2.75) is 32.2 Å². The molecule has 0 spiro atoms. The normalized spacial score (nSPS) is 17.5. The van der Waals surface area contributed by atoms with E-state index >= 15 is 0 Å². The number of imidazole rings is 1. The predicted molar refractivity (Wildman–Crippen MR) is 111 cm³/mol. The van der Waals surface area contributed by atoms with Gasteiger partial charge >= 0.3 is 0 Å². The summed E-state index contributed by atoms with van der Waals surface area (Å²) in [5.74, 6) is 1.46. The molecule has 4 aromatic rings. The highest BCUT2D eigenvalue weighted by molar-refractivity contribution is 5.84. The zero-order valence-corrected chi connectivity index (χ0v) is 16.1. The van der Waals surface area contributed by atoms with Crippen LogP contribution in [-0.4, -0.2) is 38.4 Å². The Morgan fingerprint density at radius 1 is 1.18 bits per heavy atom. The van der Waals surface area contributed by atoms with Gasteiger partial charge in [0, 0.05) is 30.2 Å². The van der Waals surface area contributed by atoms with Gasteiger partial charge in [0.25, 0.3) is 0 Å². The molecule has 0 aliphatic carbocycles. The third-order valence-electron chi connectivity index (χ3n) is 5.88. The number of aryl methyl sites for hydroxylation is 1. The largest absolute Gasteiger partial charge is 0.342 e. The second kappa shape index (κ2) is 6.82. The lowest BCUT2D eigenvalue weighted by Crippen LogP contribution is -2.41. The number of rotatable bonds is 3. The lowest BCUT2D eigenvalue weighted by atomic mass is 9.97. The number of aromatic amines is 1. The maximum Gasteiger partial charge on any atom is 0.242 e. The molecular weight excluding hydrogens is 348 g/mol. The van der Waals surface area contributed by atoms with E-state index in [9.17, 15) is 4.79 Å². The highest BCUT2D eigenvalue weighted by Crippen LogP contribution is 2.27. The molecule has 5 nitrogen and oxygen atoms in total. The SMILES string of the molecule is Cc1cc2ccccc2n1CC(=O)N1CCCC(c2nc3ccccc3[nH]2)C1. The number of benzene rings is 2. The fourth-order valence-electron chi connectivity index (χ4n) is 4.39. The van der Waals surface area contributed by atoms with Gasteiger partial charge in [-0.2, -0.15) is 0 Å². The summed E-state index contributed by atoms with van der Waals surface area (Å²) in [4.78, 5) is 23.3. The van der Waals surface area contributed by atoms with Gasteiger partial charge in [0.05, 0.1) is 11.0 Å². The van der Waals surface area contributed by atoms with Crippen molar-refractivity contribution in [2.75, 3.05) is 13.1 Å². The maximum absolute atomic E-state index is 13.1. The molecule has 142 valence electrons. The van der Waals surface area contributed by atoms with Gasteiger partial charge in [-0.25, -0.2) is 4.98 Å². The number of hydrogen-bond donors (Lipinski definition) is 1. The summed E-state index contributed by atoms with van der Waals surface area (Å²) >= 11 is 0. The molecule has 1 atom stereocenters. The van der Waals surface area contributed by atoms with Crippen molar-refractivity contribution in [1.82, 2.24) is 19.4 Å². The Bertz CT molecular complexity index is 1120. The Hall–Kier alpha value is -3.08. The lowest BCUT2D eigenvalue weighted by Gasteiger charge is -2.32. The van der Waals surface area contributed by atoms with Crippen LogP contribution in [0, 0.1) is 6.92 Å². The van der Waals surface area contributed by atoms with Crippen LogP contribution in [0.2, 0.25) is 0 Å². The molecule has 1 unspecified atom stereocenters. The van der Waals surface area contributed by atoms with Crippen molar-refractivity contribution >= 4 is 27.8 Å². The fraction of sp³-hybridized carbons (Fsp3) is 0.304. The standard InChI is InChI=1S/C23H24N4O/c1-16-13-17-7-2-5-11-21(17)27(16)15-22(28)26-12-6-8-18(14-26)23-24-19-9-3-4-10-20(19)25-23/h2-5,7,9-11,13,18H,6,8,12,14-15H2,1H3,(H,24,25). The third kappa shape index (κ3) is 2.97. The molecule has 1 aliphatic heterocycles. The summed E-state index contributed by atoms with van der Waals surface area (Å²) in [6, 6.07) is 18.5. The summed E-state index contributed by atoms with van der Waals surface area (Å²) in [7, 11) is 0. The summed E-state index contributed by atoms with van der Waals surface area (Å²) in [5.41, 5.74) is 4.31. The topological polar surface area (TPSA) is 53.9 Å². The Kier molecular flexibility index (Phi) is 4.15. The van der Waals surface area contributed by atoms with E-state index < -0.39 is 0 Å². The molecule has 0 bridgehead atoms. The van der Waals surface area contributed by atoms with Crippen LogP contribution in [0.15, 0.2) is 54.6 Å². The van der Waals surface area contributed by atoms with Gasteiger partial charge in [0.15, 0.2) is 0 Å². The van der Waals surface area contributed by atoms with Crippen molar-refractivity contribution in [3.63, 3.8) is 0 Å². The van der Waals surface area contributed by atoms with E-state index in [1.165, 1.54) is 5.39 Å². The molecule has 2 aromatic carbocycles. The summed E-state index contributed by atoms with van der Waals surface area (Å²) in [5, 5.41) is 1.19. The van der Waals surface area contributed by atoms with Crippen LogP contribution in [0.3, 0.4) is 0 Å². The number of likely N-dealkylation sites (tertiary alicyclic amines) is 1. The fourth-order valence-corrected chi connectivity index (χ4v) is 4.39. The van der Waals surface area contributed by atoms with Gasteiger partial charge in [-0.05, 0) is 49.4 Å². The minimum absolute atomic E-state index is 0.185. The first-order valence-electron chi connectivity index (χ1n) is 9.96. The number of nitrogens with zero attached hydrogens (tertiary/aromatic N) is 3. The average Bonchev–Trinajstić information content (AvgIpc) is 3.29. The molecule has 1 N–H and O–H groups in total. The second-order valence-corrected chi connectivity index (χ2v) is 7.75. The van der Waals surface area contributed by atoms with Gasteiger partial charge in [-0.1, -0.05) is 30.3 Å². The first kappa shape index (κ1) is 17.0. The minimum atomic E-state index is 0.185. The molecule has 5 rings (SSSR count). The molecule has 1 saturated heterocycles. The molecule has 1 amide bonds. The van der Waals surface area contributed by atoms with Gasteiger partial charge in [-0.3, -0.25) is 4.79 Å². The van der Waals surface area contributed by atoms with E-state index in [1.807, 2.05) is 35.2 Å². The van der Waals surface area contributed by atoms with Crippen molar-refractivity contribution in [3.8, 4) is 0 Å². The van der Waals surface area contributed by atoms with Gasteiger partial charge in [0.1, 0.15) is 12.4 Å². The molecule has 2 aromatic heterocycles. The molecule has 3 heterocycles. The van der Waals surface area contributed by atoms with Crippen LogP contribution in [0.4, 0.5) is 0 Å². The van der Waals surface area contributed by atoms with E-state index in [4.69, 9.17) is 4.98 Å². The number of amides is 1. The van der Waals surface area contributed by atoms with Crippen molar-refractivity contribution in [1.29, 1.82) is 0 Å². The molecule has 1 aliphatic rings. The number of aromatic nitrogens is 3. The summed E-state index contributed by atoms with van der Waals surface area (Å²) in [6.07, 6.45) is 2.08. The Morgan fingerprint density at radius 3 is 2.89 bits per heavy atom. The predicted octanol–water partition coefficient (Wildman–Crippen LogP) is 4.23. The van der Waals surface area contributed by atoms with E-state index in [1.54, 1.807) is 0 Å². The summed E-state index contributed by atoms with van der Waals surface area (Å²) in [6.45, 7) is 4.03.